The largest absolute Gasteiger partial charge is 0.480 e. The first-order chi connectivity index (χ1) is 26.5. The number of rotatable bonds is 40. The lowest BCUT2D eigenvalue weighted by Gasteiger charge is -2.18. The van der Waals surface area contributed by atoms with Crippen LogP contribution >= 0.6 is 0 Å². The lowest BCUT2D eigenvalue weighted by molar-refractivity contribution is -0.150. The number of ether oxygens (including phenoxy) is 1. The minimum atomic E-state index is -1.02. The first-order valence-electron chi connectivity index (χ1n) is 22.4. The molecule has 0 saturated carbocycles. The average molecular weight is 754 g/mol. The molecule has 0 fully saturated rings. The van der Waals surface area contributed by atoms with Gasteiger partial charge < -0.3 is 15.2 Å². The van der Waals surface area contributed by atoms with Crippen molar-refractivity contribution in [3.05, 3.63) is 60.8 Å². The SMILES string of the molecule is CC/C=C\C/C=C\C/C=C\C/C=C\C/C=C\CCCC(=O)OC(CCCCCCCCCCCCCCCCC)CCCCCCCC(=O)NCC(=O)O. The van der Waals surface area contributed by atoms with Crippen LogP contribution in [0.25, 0.3) is 0 Å². The molecule has 0 radical (unpaired) electrons. The van der Waals surface area contributed by atoms with Gasteiger partial charge in [0.2, 0.25) is 5.91 Å². The molecule has 0 rings (SSSR count). The fraction of sp³-hybridized carbons (Fsp3) is 0.729. The summed E-state index contributed by atoms with van der Waals surface area (Å²) in [6, 6.07) is 0. The van der Waals surface area contributed by atoms with Gasteiger partial charge in [-0.2, -0.15) is 0 Å². The summed E-state index contributed by atoms with van der Waals surface area (Å²) in [4.78, 5) is 35.1. The fourth-order valence-electron chi connectivity index (χ4n) is 6.43. The third kappa shape index (κ3) is 41.9. The van der Waals surface area contributed by atoms with Crippen LogP contribution in [0.15, 0.2) is 60.8 Å². The van der Waals surface area contributed by atoms with E-state index in [0.29, 0.717) is 12.8 Å². The topological polar surface area (TPSA) is 92.7 Å². The van der Waals surface area contributed by atoms with Crippen molar-refractivity contribution in [3.8, 4) is 0 Å². The number of hydrogen-bond donors (Lipinski definition) is 2. The Hall–Kier alpha value is -2.89. The average Bonchev–Trinajstić information content (AvgIpc) is 3.16. The normalized spacial score (nSPS) is 12.6. The maximum absolute atomic E-state index is 12.8. The number of aliphatic carboxylic acids is 1. The number of carbonyl (C=O) groups excluding carboxylic acids is 2. The number of nitrogens with one attached hydrogen (secondary N) is 1. The molecular weight excluding hydrogens is 671 g/mol. The van der Waals surface area contributed by atoms with Crippen LogP contribution in [0.3, 0.4) is 0 Å². The van der Waals surface area contributed by atoms with E-state index in [9.17, 15) is 14.4 Å². The van der Waals surface area contributed by atoms with E-state index in [-0.39, 0.29) is 24.5 Å². The van der Waals surface area contributed by atoms with Crippen molar-refractivity contribution in [2.75, 3.05) is 6.54 Å². The highest BCUT2D eigenvalue weighted by molar-refractivity contribution is 5.80. The molecule has 6 nitrogen and oxygen atoms in total. The van der Waals surface area contributed by atoms with Gasteiger partial charge in [0.25, 0.3) is 0 Å². The van der Waals surface area contributed by atoms with Crippen LogP contribution < -0.4 is 5.32 Å². The van der Waals surface area contributed by atoms with Crippen LogP contribution in [0.2, 0.25) is 0 Å². The van der Waals surface area contributed by atoms with E-state index in [1.54, 1.807) is 0 Å². The number of hydrogen-bond acceptors (Lipinski definition) is 4. The van der Waals surface area contributed by atoms with Crippen molar-refractivity contribution in [3.63, 3.8) is 0 Å². The third-order valence-corrected chi connectivity index (χ3v) is 9.70. The van der Waals surface area contributed by atoms with Gasteiger partial charge in [-0.15, -0.1) is 0 Å². The molecule has 0 spiro atoms. The smallest absolute Gasteiger partial charge is 0.322 e. The number of amides is 1. The predicted molar refractivity (Wildman–Crippen MR) is 231 cm³/mol. The van der Waals surface area contributed by atoms with Gasteiger partial charge in [-0.05, 0) is 77.0 Å². The van der Waals surface area contributed by atoms with Crippen molar-refractivity contribution in [1.82, 2.24) is 5.32 Å². The number of carboxylic acids is 1. The lowest BCUT2D eigenvalue weighted by atomic mass is 10.0. The zero-order valence-corrected chi connectivity index (χ0v) is 35.1. The summed E-state index contributed by atoms with van der Waals surface area (Å²) in [7, 11) is 0. The molecule has 1 amide bonds. The zero-order chi connectivity index (χ0) is 39.4. The van der Waals surface area contributed by atoms with Gasteiger partial charge in [0.1, 0.15) is 12.6 Å². The van der Waals surface area contributed by atoms with Crippen LogP contribution in [-0.2, 0) is 19.1 Å². The monoisotopic (exact) mass is 754 g/mol. The molecule has 54 heavy (non-hydrogen) atoms. The van der Waals surface area contributed by atoms with Gasteiger partial charge in [-0.3, -0.25) is 14.4 Å². The maximum Gasteiger partial charge on any atom is 0.322 e. The molecule has 0 aromatic rings. The van der Waals surface area contributed by atoms with E-state index in [0.717, 1.165) is 96.3 Å². The highest BCUT2D eigenvalue weighted by atomic mass is 16.5. The van der Waals surface area contributed by atoms with Crippen LogP contribution in [0, 0.1) is 0 Å². The van der Waals surface area contributed by atoms with E-state index in [1.165, 1.54) is 89.9 Å². The van der Waals surface area contributed by atoms with E-state index in [4.69, 9.17) is 9.84 Å². The second kappa shape index (κ2) is 42.8. The quantitative estimate of drug-likeness (QED) is 0.0369. The Labute approximate surface area is 332 Å². The first-order valence-corrected chi connectivity index (χ1v) is 22.4. The van der Waals surface area contributed by atoms with Gasteiger partial charge in [-0.25, -0.2) is 0 Å². The molecule has 0 aliphatic heterocycles. The van der Waals surface area contributed by atoms with Crippen molar-refractivity contribution >= 4 is 17.8 Å². The molecular formula is C48H83NO5. The van der Waals surface area contributed by atoms with Gasteiger partial charge in [0.15, 0.2) is 0 Å². The molecule has 0 aliphatic carbocycles. The summed E-state index contributed by atoms with van der Waals surface area (Å²) in [5, 5.41) is 11.1. The van der Waals surface area contributed by atoms with Crippen molar-refractivity contribution in [2.24, 2.45) is 0 Å². The Morgan fingerprint density at radius 3 is 1.35 bits per heavy atom. The van der Waals surface area contributed by atoms with Crippen molar-refractivity contribution in [2.45, 2.75) is 219 Å². The molecule has 6 heteroatoms. The number of allylic oxidation sites excluding steroid dienone is 10. The third-order valence-electron chi connectivity index (χ3n) is 9.70. The summed E-state index contributed by atoms with van der Waals surface area (Å²) in [5.74, 6) is -1.29. The Kier molecular flexibility index (Phi) is 40.6. The molecule has 0 heterocycles. The molecule has 2 N–H and O–H groups in total. The number of carboxylic acid groups (broad SMARTS) is 1. The van der Waals surface area contributed by atoms with E-state index in [1.807, 2.05) is 0 Å². The van der Waals surface area contributed by atoms with E-state index < -0.39 is 5.97 Å². The van der Waals surface area contributed by atoms with E-state index >= 15 is 0 Å². The Morgan fingerprint density at radius 2 is 0.907 bits per heavy atom. The Bertz CT molecular complexity index is 1010. The molecule has 0 aliphatic rings. The highest BCUT2D eigenvalue weighted by Gasteiger charge is 2.14. The summed E-state index contributed by atoms with van der Waals surface area (Å²) < 4.78 is 6.02. The molecule has 0 aromatic heterocycles. The predicted octanol–water partition coefficient (Wildman–Crippen LogP) is 14.0. The number of carbonyl (C=O) groups is 3. The second-order valence-electron chi connectivity index (χ2n) is 14.9. The second-order valence-corrected chi connectivity index (χ2v) is 14.9. The summed E-state index contributed by atoms with van der Waals surface area (Å²) >= 11 is 0. The standard InChI is InChI=1S/C48H83NO5/c1-3-5-7-9-11-13-15-17-19-20-22-24-26-28-30-35-39-43-48(53)54-45(41-37-33-31-34-38-42-46(50)49-44-47(51)52)40-36-32-29-27-25-23-21-18-16-14-12-10-8-6-4-2/h5,7,11,13,17,19,22,24,28,30,45H,3-4,6,8-10,12,14-16,18,20-21,23,25-27,29,31-44H2,1-2H3,(H,49,50)(H,51,52)/b7-5-,13-11-,19-17-,24-22-,30-28-. The van der Waals surface area contributed by atoms with Gasteiger partial charge in [0, 0.05) is 12.8 Å². The van der Waals surface area contributed by atoms with Gasteiger partial charge in [-0.1, -0.05) is 184 Å². The Balaban J connectivity index is 4.28. The van der Waals surface area contributed by atoms with Gasteiger partial charge in [0.05, 0.1) is 0 Å². The molecule has 0 aromatic carbocycles. The molecule has 0 bridgehead atoms. The molecule has 1 unspecified atom stereocenters. The van der Waals surface area contributed by atoms with Crippen molar-refractivity contribution in [1.29, 1.82) is 0 Å². The summed E-state index contributed by atoms with van der Waals surface area (Å²) in [6.07, 6.45) is 56.3. The molecule has 1 atom stereocenters. The van der Waals surface area contributed by atoms with Crippen LogP contribution in [-0.4, -0.2) is 35.6 Å². The van der Waals surface area contributed by atoms with E-state index in [2.05, 4.69) is 79.9 Å². The zero-order valence-electron chi connectivity index (χ0n) is 35.1. The van der Waals surface area contributed by atoms with Crippen LogP contribution in [0.1, 0.15) is 213 Å². The number of esters is 1. The van der Waals surface area contributed by atoms with Crippen LogP contribution in [0.4, 0.5) is 0 Å². The summed E-state index contributed by atoms with van der Waals surface area (Å²) in [5.41, 5.74) is 0. The van der Waals surface area contributed by atoms with Crippen LogP contribution in [0.5, 0.6) is 0 Å². The van der Waals surface area contributed by atoms with Gasteiger partial charge >= 0.3 is 11.9 Å². The molecule has 0 saturated heterocycles. The highest BCUT2D eigenvalue weighted by Crippen LogP contribution is 2.19. The minimum Gasteiger partial charge on any atom is -0.480 e. The number of unbranched alkanes of at least 4 members (excludes halogenated alkanes) is 19. The maximum atomic E-state index is 12.8. The summed E-state index contributed by atoms with van der Waals surface area (Å²) in [6.45, 7) is 4.11. The minimum absolute atomic E-state index is 0.00466. The first kappa shape index (κ1) is 51.1. The lowest BCUT2D eigenvalue weighted by Crippen LogP contribution is -2.28. The fourth-order valence-corrected chi connectivity index (χ4v) is 6.43. The van der Waals surface area contributed by atoms with Crippen molar-refractivity contribution < 1.29 is 24.2 Å². The molecule has 310 valence electrons. The Morgan fingerprint density at radius 1 is 0.500 bits per heavy atom.